The molecule has 0 aromatic carbocycles. The molecule has 2 atom stereocenters. The summed E-state index contributed by atoms with van der Waals surface area (Å²) in [6.07, 6.45) is 7.11. The minimum atomic E-state index is -1.16. The van der Waals surface area contributed by atoms with E-state index < -0.39 is 22.8 Å². The van der Waals surface area contributed by atoms with Crippen molar-refractivity contribution in [3.8, 4) is 0 Å². The van der Waals surface area contributed by atoms with Gasteiger partial charge in [-0.2, -0.15) is 0 Å². The summed E-state index contributed by atoms with van der Waals surface area (Å²) in [5.74, 6) is -1.88. The van der Waals surface area contributed by atoms with Gasteiger partial charge in [0.1, 0.15) is 0 Å². The molecule has 0 bridgehead atoms. The van der Waals surface area contributed by atoms with Gasteiger partial charge in [0.25, 0.3) is 0 Å². The molecule has 0 amide bonds. The van der Waals surface area contributed by atoms with Crippen molar-refractivity contribution in [3.63, 3.8) is 0 Å². The maximum Gasteiger partial charge on any atom is 0.310 e. The van der Waals surface area contributed by atoms with Gasteiger partial charge in [-0.1, -0.05) is 66.2 Å². The van der Waals surface area contributed by atoms with Gasteiger partial charge >= 0.3 is 11.9 Å². The first-order chi connectivity index (χ1) is 10.4. The fourth-order valence-corrected chi connectivity index (χ4v) is 3.79. The normalized spacial score (nSPS) is 16.7. The van der Waals surface area contributed by atoms with Crippen LogP contribution in [0.1, 0.15) is 91.9 Å². The number of hydrogen-bond donors (Lipinski definition) is 2. The van der Waals surface area contributed by atoms with Gasteiger partial charge < -0.3 is 10.2 Å². The highest BCUT2D eigenvalue weighted by Gasteiger charge is 2.58. The Morgan fingerprint density at radius 1 is 0.682 bits per heavy atom. The minimum Gasteiger partial charge on any atom is -0.481 e. The Balaban J connectivity index is 5.70. The number of rotatable bonds is 13. The van der Waals surface area contributed by atoms with Crippen LogP contribution in [0.15, 0.2) is 0 Å². The van der Waals surface area contributed by atoms with E-state index in [0.29, 0.717) is 25.7 Å². The standard InChI is InChI=1S/C18H34O4/c1-5-9-11-13-17(7-3,15(19)20)18(8-4,16(21)22)14-12-10-6-2/h5-14H2,1-4H3,(H,19,20)(H,21,22). The predicted molar refractivity (Wildman–Crippen MR) is 89.0 cm³/mol. The quantitative estimate of drug-likeness (QED) is 0.463. The first-order valence-corrected chi connectivity index (χ1v) is 8.85. The molecule has 0 rings (SSSR count). The van der Waals surface area contributed by atoms with E-state index in [4.69, 9.17) is 0 Å². The molecule has 0 aromatic rings. The Hall–Kier alpha value is -1.06. The summed E-state index contributed by atoms with van der Waals surface area (Å²) < 4.78 is 0. The maximum absolute atomic E-state index is 12.1. The Morgan fingerprint density at radius 2 is 1.00 bits per heavy atom. The summed E-state index contributed by atoms with van der Waals surface area (Å²) >= 11 is 0. The SMILES string of the molecule is CCCCCC(CC)(C(=O)O)C(CC)(CCCCC)C(=O)O. The van der Waals surface area contributed by atoms with Crippen molar-refractivity contribution in [2.75, 3.05) is 0 Å². The molecule has 0 saturated carbocycles. The predicted octanol–water partition coefficient (Wildman–Crippen LogP) is 5.11. The molecular weight excluding hydrogens is 280 g/mol. The van der Waals surface area contributed by atoms with Crippen LogP contribution in [0.25, 0.3) is 0 Å². The largest absolute Gasteiger partial charge is 0.481 e. The van der Waals surface area contributed by atoms with Crippen LogP contribution in [0, 0.1) is 10.8 Å². The molecule has 0 fully saturated rings. The van der Waals surface area contributed by atoms with Crippen molar-refractivity contribution in [3.05, 3.63) is 0 Å². The zero-order chi connectivity index (χ0) is 17.2. The maximum atomic E-state index is 12.1. The molecule has 0 aliphatic carbocycles. The fraction of sp³-hybridized carbons (Fsp3) is 0.889. The fourth-order valence-electron chi connectivity index (χ4n) is 3.79. The molecule has 0 heterocycles. The van der Waals surface area contributed by atoms with E-state index in [9.17, 15) is 19.8 Å². The summed E-state index contributed by atoms with van der Waals surface area (Å²) in [6.45, 7) is 7.79. The van der Waals surface area contributed by atoms with E-state index in [-0.39, 0.29) is 0 Å². The van der Waals surface area contributed by atoms with Crippen LogP contribution in [-0.2, 0) is 9.59 Å². The van der Waals surface area contributed by atoms with Crippen molar-refractivity contribution in [2.24, 2.45) is 10.8 Å². The van der Waals surface area contributed by atoms with Crippen molar-refractivity contribution in [1.82, 2.24) is 0 Å². The average Bonchev–Trinajstić information content (AvgIpc) is 2.48. The van der Waals surface area contributed by atoms with Crippen LogP contribution >= 0.6 is 0 Å². The van der Waals surface area contributed by atoms with E-state index in [1.807, 2.05) is 13.8 Å². The van der Waals surface area contributed by atoms with E-state index >= 15 is 0 Å². The number of carboxylic acids is 2. The minimum absolute atomic E-state index is 0.373. The number of aliphatic carboxylic acids is 2. The first-order valence-electron chi connectivity index (χ1n) is 8.85. The van der Waals surface area contributed by atoms with Gasteiger partial charge in [0, 0.05) is 0 Å². The second-order valence-corrected chi connectivity index (χ2v) is 6.40. The molecule has 130 valence electrons. The van der Waals surface area contributed by atoms with Crippen LogP contribution in [-0.4, -0.2) is 22.2 Å². The van der Waals surface area contributed by atoms with Gasteiger partial charge in [-0.15, -0.1) is 0 Å². The second-order valence-electron chi connectivity index (χ2n) is 6.40. The Morgan fingerprint density at radius 3 is 1.18 bits per heavy atom. The number of hydrogen-bond acceptors (Lipinski definition) is 2. The summed E-state index contributed by atoms with van der Waals surface area (Å²) in [5, 5.41) is 19.9. The van der Waals surface area contributed by atoms with Crippen LogP contribution in [0.3, 0.4) is 0 Å². The second kappa shape index (κ2) is 9.86. The van der Waals surface area contributed by atoms with Gasteiger partial charge in [-0.05, 0) is 25.7 Å². The van der Waals surface area contributed by atoms with Crippen molar-refractivity contribution >= 4 is 11.9 Å². The van der Waals surface area contributed by atoms with Crippen LogP contribution < -0.4 is 0 Å². The summed E-state index contributed by atoms with van der Waals surface area (Å²) in [4.78, 5) is 24.3. The van der Waals surface area contributed by atoms with E-state index in [1.165, 1.54) is 0 Å². The third kappa shape index (κ3) is 4.23. The summed E-state index contributed by atoms with van der Waals surface area (Å²) in [5.41, 5.74) is -2.31. The van der Waals surface area contributed by atoms with Gasteiger partial charge in [0.05, 0.1) is 10.8 Å². The van der Waals surface area contributed by atoms with Gasteiger partial charge in [-0.3, -0.25) is 9.59 Å². The van der Waals surface area contributed by atoms with Gasteiger partial charge in [0.15, 0.2) is 0 Å². The molecule has 2 N–H and O–H groups in total. The summed E-state index contributed by atoms with van der Waals surface area (Å²) in [6, 6.07) is 0. The zero-order valence-corrected chi connectivity index (χ0v) is 14.8. The lowest BCUT2D eigenvalue weighted by molar-refractivity contribution is -0.178. The molecular formula is C18H34O4. The Labute approximate surface area is 135 Å². The highest BCUT2D eigenvalue weighted by atomic mass is 16.4. The number of unbranched alkanes of at least 4 members (excludes halogenated alkanes) is 4. The molecule has 4 heteroatoms. The van der Waals surface area contributed by atoms with Crippen LogP contribution in [0.4, 0.5) is 0 Å². The number of carboxylic acid groups (broad SMARTS) is 2. The molecule has 0 spiro atoms. The monoisotopic (exact) mass is 314 g/mol. The van der Waals surface area contributed by atoms with Crippen molar-refractivity contribution < 1.29 is 19.8 Å². The average molecular weight is 314 g/mol. The van der Waals surface area contributed by atoms with Crippen LogP contribution in [0.5, 0.6) is 0 Å². The van der Waals surface area contributed by atoms with E-state index in [0.717, 1.165) is 38.5 Å². The van der Waals surface area contributed by atoms with E-state index in [2.05, 4.69) is 13.8 Å². The smallest absolute Gasteiger partial charge is 0.310 e. The van der Waals surface area contributed by atoms with Gasteiger partial charge in [-0.25, -0.2) is 0 Å². The highest BCUT2D eigenvalue weighted by molar-refractivity contribution is 5.86. The molecule has 0 aliphatic heterocycles. The molecule has 22 heavy (non-hydrogen) atoms. The third-order valence-corrected chi connectivity index (χ3v) is 5.36. The Bertz CT molecular complexity index is 319. The molecule has 0 radical (unpaired) electrons. The topological polar surface area (TPSA) is 74.6 Å². The zero-order valence-electron chi connectivity index (χ0n) is 14.8. The molecule has 0 saturated heterocycles. The van der Waals surface area contributed by atoms with Gasteiger partial charge in [0.2, 0.25) is 0 Å². The Kier molecular flexibility index (Phi) is 9.38. The van der Waals surface area contributed by atoms with Crippen molar-refractivity contribution in [2.45, 2.75) is 91.9 Å². The first kappa shape index (κ1) is 20.9. The molecule has 4 nitrogen and oxygen atoms in total. The van der Waals surface area contributed by atoms with E-state index in [1.54, 1.807) is 0 Å². The molecule has 2 unspecified atom stereocenters. The lowest BCUT2D eigenvalue weighted by atomic mass is 9.56. The third-order valence-electron chi connectivity index (χ3n) is 5.36. The number of carbonyl (C=O) groups is 2. The highest BCUT2D eigenvalue weighted by Crippen LogP contribution is 2.52. The lowest BCUT2D eigenvalue weighted by Gasteiger charge is -2.45. The molecule has 0 aromatic heterocycles. The summed E-state index contributed by atoms with van der Waals surface area (Å²) in [7, 11) is 0. The van der Waals surface area contributed by atoms with Crippen LogP contribution in [0.2, 0.25) is 0 Å². The van der Waals surface area contributed by atoms with Crippen molar-refractivity contribution in [1.29, 1.82) is 0 Å². The molecule has 0 aliphatic rings. The lowest BCUT2D eigenvalue weighted by Crippen LogP contribution is -2.52.